The zero-order valence-electron chi connectivity index (χ0n) is 6.03. The second kappa shape index (κ2) is 2.91. The summed E-state index contributed by atoms with van der Waals surface area (Å²) in [6.45, 7) is 0. The average molecular weight is 181 g/mol. The molecule has 4 nitrogen and oxygen atoms in total. The number of hydrogen-bond acceptors (Lipinski definition) is 3. The third-order valence-electron chi connectivity index (χ3n) is 1.40. The lowest BCUT2D eigenvalue weighted by molar-refractivity contribution is 1.09. The quantitative estimate of drug-likeness (QED) is 0.724. The number of rotatable bonds is 1. The van der Waals surface area contributed by atoms with Gasteiger partial charge >= 0.3 is 0 Å². The molecule has 0 spiro atoms. The van der Waals surface area contributed by atoms with Crippen LogP contribution in [0.15, 0.2) is 24.5 Å². The Morgan fingerprint density at radius 1 is 1.25 bits per heavy atom. The van der Waals surface area contributed by atoms with Gasteiger partial charge in [-0.05, 0) is 23.7 Å². The van der Waals surface area contributed by atoms with Gasteiger partial charge in [0.15, 0.2) is 5.82 Å². The van der Waals surface area contributed by atoms with Crippen molar-refractivity contribution in [2.24, 2.45) is 0 Å². The third kappa shape index (κ3) is 1.29. The van der Waals surface area contributed by atoms with Crippen molar-refractivity contribution < 1.29 is 0 Å². The Morgan fingerprint density at radius 2 is 2.00 bits per heavy atom. The second-order valence-electron chi connectivity index (χ2n) is 2.19. The molecule has 0 fully saturated rings. The zero-order chi connectivity index (χ0) is 8.39. The van der Waals surface area contributed by atoms with Crippen LogP contribution in [0.4, 0.5) is 0 Å². The van der Waals surface area contributed by atoms with Crippen LogP contribution in [0.3, 0.4) is 0 Å². The highest BCUT2D eigenvalue weighted by Gasteiger charge is 2.02. The smallest absolute Gasteiger partial charge is 0.218 e. The lowest BCUT2D eigenvalue weighted by Gasteiger charge is -1.90. The average Bonchev–Trinajstić information content (AvgIpc) is 2.54. The van der Waals surface area contributed by atoms with Gasteiger partial charge in [0.2, 0.25) is 5.28 Å². The van der Waals surface area contributed by atoms with Crippen molar-refractivity contribution in [2.75, 3.05) is 0 Å². The molecular formula is C7H5ClN4. The maximum absolute atomic E-state index is 5.57. The molecule has 12 heavy (non-hydrogen) atoms. The molecule has 0 saturated carbocycles. The van der Waals surface area contributed by atoms with Gasteiger partial charge in [-0.15, -0.1) is 0 Å². The fourth-order valence-corrected chi connectivity index (χ4v) is 0.994. The Kier molecular flexibility index (Phi) is 1.75. The monoisotopic (exact) mass is 180 g/mol. The lowest BCUT2D eigenvalue weighted by atomic mass is 10.3. The van der Waals surface area contributed by atoms with Crippen molar-refractivity contribution in [2.45, 2.75) is 0 Å². The highest BCUT2D eigenvalue weighted by atomic mass is 35.5. The normalized spacial score (nSPS) is 10.1. The third-order valence-corrected chi connectivity index (χ3v) is 1.57. The van der Waals surface area contributed by atoms with E-state index in [1.807, 2.05) is 12.1 Å². The van der Waals surface area contributed by atoms with Crippen molar-refractivity contribution in [3.05, 3.63) is 29.8 Å². The number of pyridine rings is 1. The molecule has 60 valence electrons. The molecule has 0 bridgehead atoms. The Balaban J connectivity index is 2.45. The minimum atomic E-state index is 0.293. The minimum absolute atomic E-state index is 0.293. The summed E-state index contributed by atoms with van der Waals surface area (Å²) in [7, 11) is 0. The predicted octanol–water partition coefficient (Wildman–Crippen LogP) is 1.52. The van der Waals surface area contributed by atoms with E-state index in [0.29, 0.717) is 11.1 Å². The summed E-state index contributed by atoms with van der Waals surface area (Å²) in [5.41, 5.74) is 0.896. The van der Waals surface area contributed by atoms with Crippen molar-refractivity contribution >= 4 is 11.6 Å². The molecule has 0 unspecified atom stereocenters. The molecule has 0 aromatic carbocycles. The van der Waals surface area contributed by atoms with E-state index in [2.05, 4.69) is 20.2 Å². The van der Waals surface area contributed by atoms with Crippen molar-refractivity contribution in [3.63, 3.8) is 0 Å². The van der Waals surface area contributed by atoms with Crippen LogP contribution >= 0.6 is 11.6 Å². The van der Waals surface area contributed by atoms with Crippen molar-refractivity contribution in [1.82, 2.24) is 20.2 Å². The first-order valence-corrected chi connectivity index (χ1v) is 3.72. The van der Waals surface area contributed by atoms with E-state index < -0.39 is 0 Å². The summed E-state index contributed by atoms with van der Waals surface area (Å²) in [4.78, 5) is 7.83. The van der Waals surface area contributed by atoms with Gasteiger partial charge < -0.3 is 0 Å². The number of H-pyrrole nitrogens is 1. The van der Waals surface area contributed by atoms with Gasteiger partial charge in [-0.25, -0.2) is 5.10 Å². The molecule has 0 aliphatic rings. The lowest BCUT2D eigenvalue weighted by Crippen LogP contribution is -1.80. The molecule has 2 aromatic heterocycles. The summed E-state index contributed by atoms with van der Waals surface area (Å²) in [5.74, 6) is 0.586. The van der Waals surface area contributed by atoms with E-state index >= 15 is 0 Å². The van der Waals surface area contributed by atoms with Gasteiger partial charge in [0, 0.05) is 18.0 Å². The van der Waals surface area contributed by atoms with Crippen LogP contribution in [0.1, 0.15) is 0 Å². The van der Waals surface area contributed by atoms with Gasteiger partial charge in [0.05, 0.1) is 0 Å². The number of aromatic amines is 1. The standard InChI is InChI=1S/C7H5ClN4/c8-7-10-6(11-12-7)5-1-3-9-4-2-5/h1-4H,(H,10,11,12). The largest absolute Gasteiger partial charge is 0.265 e. The van der Waals surface area contributed by atoms with E-state index in [9.17, 15) is 0 Å². The SMILES string of the molecule is Clc1nc(-c2ccncc2)n[nH]1. The second-order valence-corrected chi connectivity index (χ2v) is 2.54. The number of nitrogens with one attached hydrogen (secondary N) is 1. The molecule has 5 heteroatoms. The van der Waals surface area contributed by atoms with E-state index in [-0.39, 0.29) is 0 Å². The summed E-state index contributed by atoms with van der Waals surface area (Å²) in [6.07, 6.45) is 3.36. The van der Waals surface area contributed by atoms with Gasteiger partial charge in [0.25, 0.3) is 0 Å². The zero-order valence-corrected chi connectivity index (χ0v) is 6.78. The molecular weight excluding hydrogens is 176 g/mol. The van der Waals surface area contributed by atoms with Crippen LogP contribution in [0.25, 0.3) is 11.4 Å². The van der Waals surface area contributed by atoms with Gasteiger partial charge in [-0.3, -0.25) is 4.98 Å². The maximum atomic E-state index is 5.57. The fraction of sp³-hybridized carbons (Fsp3) is 0. The summed E-state index contributed by atoms with van der Waals surface area (Å²) >= 11 is 5.57. The van der Waals surface area contributed by atoms with Gasteiger partial charge in [-0.1, -0.05) is 0 Å². The van der Waals surface area contributed by atoms with Crippen LogP contribution in [0.5, 0.6) is 0 Å². The molecule has 2 heterocycles. The summed E-state index contributed by atoms with van der Waals surface area (Å²) in [6, 6.07) is 3.64. The molecule has 0 saturated heterocycles. The van der Waals surface area contributed by atoms with E-state index in [1.54, 1.807) is 12.4 Å². The molecule has 2 aromatic rings. The Bertz CT molecular complexity index is 370. The number of hydrogen-bond donors (Lipinski definition) is 1. The highest BCUT2D eigenvalue weighted by Crippen LogP contribution is 2.13. The van der Waals surface area contributed by atoms with Crippen LogP contribution in [0, 0.1) is 0 Å². The Hall–Kier alpha value is -1.42. The first kappa shape index (κ1) is 7.24. The highest BCUT2D eigenvalue weighted by molar-refractivity contribution is 6.28. The molecule has 0 amide bonds. The molecule has 2 rings (SSSR count). The molecule has 0 atom stereocenters. The number of halogens is 1. The molecule has 0 radical (unpaired) electrons. The van der Waals surface area contributed by atoms with Crippen LogP contribution in [-0.4, -0.2) is 20.2 Å². The maximum Gasteiger partial charge on any atom is 0.218 e. The van der Waals surface area contributed by atoms with Crippen molar-refractivity contribution in [3.8, 4) is 11.4 Å². The Labute approximate surface area is 73.6 Å². The van der Waals surface area contributed by atoms with Crippen LogP contribution in [-0.2, 0) is 0 Å². The fourth-order valence-electron chi connectivity index (χ4n) is 0.872. The molecule has 0 aliphatic carbocycles. The van der Waals surface area contributed by atoms with E-state index in [1.165, 1.54) is 0 Å². The minimum Gasteiger partial charge on any atom is -0.265 e. The first-order valence-electron chi connectivity index (χ1n) is 3.34. The number of aromatic nitrogens is 4. The topological polar surface area (TPSA) is 54.5 Å². The van der Waals surface area contributed by atoms with Gasteiger partial charge in [0.1, 0.15) is 0 Å². The van der Waals surface area contributed by atoms with Gasteiger partial charge in [-0.2, -0.15) is 10.1 Å². The molecule has 1 N–H and O–H groups in total. The summed E-state index contributed by atoms with van der Waals surface area (Å²) < 4.78 is 0. The number of nitrogens with zero attached hydrogens (tertiary/aromatic N) is 3. The van der Waals surface area contributed by atoms with Crippen LogP contribution in [0.2, 0.25) is 5.28 Å². The van der Waals surface area contributed by atoms with E-state index in [4.69, 9.17) is 11.6 Å². The van der Waals surface area contributed by atoms with Crippen molar-refractivity contribution in [1.29, 1.82) is 0 Å². The first-order chi connectivity index (χ1) is 5.86. The van der Waals surface area contributed by atoms with E-state index in [0.717, 1.165) is 5.56 Å². The molecule has 0 aliphatic heterocycles. The summed E-state index contributed by atoms with van der Waals surface area (Å²) in [5, 5.41) is 6.73. The predicted molar refractivity (Wildman–Crippen MR) is 44.6 cm³/mol. The van der Waals surface area contributed by atoms with Crippen LogP contribution < -0.4 is 0 Å². The Morgan fingerprint density at radius 3 is 2.58 bits per heavy atom.